The highest BCUT2D eigenvalue weighted by Gasteiger charge is 2.27. The Balaban J connectivity index is 3.58. The molecule has 4 heteroatoms. The van der Waals surface area contributed by atoms with Gasteiger partial charge in [0, 0.05) is 6.42 Å². The molecule has 172 valence electrons. The van der Waals surface area contributed by atoms with Crippen molar-refractivity contribution in [2.24, 2.45) is 5.92 Å². The van der Waals surface area contributed by atoms with Crippen LogP contribution in [0.4, 0.5) is 0 Å². The smallest absolute Gasteiger partial charge is 0.304 e. The van der Waals surface area contributed by atoms with Gasteiger partial charge in [0.2, 0.25) is 0 Å². The van der Waals surface area contributed by atoms with Gasteiger partial charge in [0.05, 0.1) is 40.0 Å². The lowest BCUT2D eigenvalue weighted by molar-refractivity contribution is -0.872. The number of carboxylic acid groups (broad SMARTS) is 1. The Morgan fingerprint density at radius 3 is 1.41 bits per heavy atom. The zero-order valence-electron chi connectivity index (χ0n) is 20.0. The van der Waals surface area contributed by atoms with Gasteiger partial charge in [0.1, 0.15) is 5.78 Å². The van der Waals surface area contributed by atoms with E-state index in [1.807, 2.05) is 21.1 Å². The summed E-state index contributed by atoms with van der Waals surface area (Å²) in [6.07, 6.45) is 20.2. The summed E-state index contributed by atoms with van der Waals surface area (Å²) < 4.78 is 0.628. The molecular formula is C25H50NO3+. The fourth-order valence-corrected chi connectivity index (χ4v) is 4.03. The molecule has 0 spiro atoms. The molecule has 0 heterocycles. The second kappa shape index (κ2) is 17.9. The van der Waals surface area contributed by atoms with Crippen LogP contribution < -0.4 is 0 Å². The van der Waals surface area contributed by atoms with E-state index in [0.29, 0.717) is 17.4 Å². The first-order valence-electron chi connectivity index (χ1n) is 12.3. The van der Waals surface area contributed by atoms with E-state index >= 15 is 0 Å². The van der Waals surface area contributed by atoms with Crippen molar-refractivity contribution in [2.75, 3.05) is 27.7 Å². The molecule has 1 N–H and O–H groups in total. The highest BCUT2D eigenvalue weighted by molar-refractivity contribution is 5.85. The van der Waals surface area contributed by atoms with E-state index in [1.54, 1.807) is 0 Å². The van der Waals surface area contributed by atoms with Crippen LogP contribution in [0.3, 0.4) is 0 Å². The summed E-state index contributed by atoms with van der Waals surface area (Å²) in [5, 5.41) is 9.07. The number of aliphatic carboxylic acids is 1. The highest BCUT2D eigenvalue weighted by Crippen LogP contribution is 2.16. The van der Waals surface area contributed by atoms with Crippen molar-refractivity contribution in [3.05, 3.63) is 0 Å². The Bertz CT molecular complexity index is 415. The lowest BCUT2D eigenvalue weighted by Crippen LogP contribution is -2.42. The van der Waals surface area contributed by atoms with Crippen molar-refractivity contribution in [3.8, 4) is 0 Å². The van der Waals surface area contributed by atoms with Gasteiger partial charge in [-0.25, -0.2) is 0 Å². The number of quaternary nitrogens is 1. The SMILES string of the molecule is CCCCCCCCCCCCCCCCCC(=O)C(CC(=O)O)C[N+](C)(C)C. The molecule has 0 rings (SSSR count). The predicted octanol–water partition coefficient (Wildman–Crippen LogP) is 6.61. The first-order chi connectivity index (χ1) is 13.8. The molecular weight excluding hydrogens is 362 g/mol. The summed E-state index contributed by atoms with van der Waals surface area (Å²) in [5.41, 5.74) is 0. The fourth-order valence-electron chi connectivity index (χ4n) is 4.03. The van der Waals surface area contributed by atoms with E-state index in [-0.39, 0.29) is 18.1 Å². The molecule has 0 aliphatic carbocycles. The molecule has 4 nitrogen and oxygen atoms in total. The van der Waals surface area contributed by atoms with Gasteiger partial charge in [0.25, 0.3) is 0 Å². The fraction of sp³-hybridized carbons (Fsp3) is 0.920. The second-order valence-electron chi connectivity index (χ2n) is 9.93. The van der Waals surface area contributed by atoms with Crippen molar-refractivity contribution in [2.45, 2.75) is 116 Å². The standard InChI is InChI=1S/C25H49NO3/c1-5-6-7-8-9-10-11-12-13-14-15-16-17-18-19-20-24(27)23(21-25(28)29)22-26(2,3)4/h23H,5-22H2,1-4H3/p+1. The Labute approximate surface area is 181 Å². The minimum atomic E-state index is -0.867. The van der Waals surface area contributed by atoms with E-state index in [9.17, 15) is 9.59 Å². The summed E-state index contributed by atoms with van der Waals surface area (Å²) in [7, 11) is 6.03. The molecule has 1 unspecified atom stereocenters. The minimum absolute atomic E-state index is 0.0346. The molecule has 0 bridgehead atoms. The van der Waals surface area contributed by atoms with Gasteiger partial charge < -0.3 is 9.59 Å². The molecule has 0 radical (unpaired) electrons. The van der Waals surface area contributed by atoms with Crippen LogP contribution in [0.1, 0.15) is 116 Å². The van der Waals surface area contributed by atoms with Gasteiger partial charge in [-0.2, -0.15) is 0 Å². The van der Waals surface area contributed by atoms with Gasteiger partial charge in [-0.15, -0.1) is 0 Å². The van der Waals surface area contributed by atoms with Gasteiger partial charge in [0.15, 0.2) is 0 Å². The van der Waals surface area contributed by atoms with Crippen LogP contribution in [-0.4, -0.2) is 49.0 Å². The molecule has 0 aliphatic rings. The maximum Gasteiger partial charge on any atom is 0.304 e. The lowest BCUT2D eigenvalue weighted by Gasteiger charge is -2.28. The summed E-state index contributed by atoms with van der Waals surface area (Å²) in [6.45, 7) is 2.87. The number of Topliss-reactive ketones (excluding diaryl/α,β-unsaturated/α-hetero) is 1. The number of nitrogens with zero attached hydrogens (tertiary/aromatic N) is 1. The number of hydrogen-bond donors (Lipinski definition) is 1. The quantitative estimate of drug-likeness (QED) is 0.170. The average Bonchev–Trinajstić information content (AvgIpc) is 2.62. The molecule has 0 amide bonds. The monoisotopic (exact) mass is 412 g/mol. The number of rotatable bonds is 21. The third-order valence-corrected chi connectivity index (χ3v) is 5.67. The second-order valence-corrected chi connectivity index (χ2v) is 9.93. The summed E-state index contributed by atoms with van der Waals surface area (Å²) in [4.78, 5) is 23.5. The van der Waals surface area contributed by atoms with Crippen LogP contribution in [0.25, 0.3) is 0 Å². The first kappa shape index (κ1) is 28.1. The zero-order chi connectivity index (χ0) is 22.0. The number of carboxylic acids is 1. The first-order valence-corrected chi connectivity index (χ1v) is 12.3. The largest absolute Gasteiger partial charge is 0.481 e. The van der Waals surface area contributed by atoms with Crippen molar-refractivity contribution in [1.29, 1.82) is 0 Å². The number of unbranched alkanes of at least 4 members (excludes halogenated alkanes) is 14. The zero-order valence-corrected chi connectivity index (χ0v) is 20.0. The van der Waals surface area contributed by atoms with Crippen LogP contribution in [0, 0.1) is 5.92 Å². The third-order valence-electron chi connectivity index (χ3n) is 5.67. The Morgan fingerprint density at radius 1 is 0.690 bits per heavy atom. The summed E-state index contributed by atoms with van der Waals surface area (Å²) in [6, 6.07) is 0. The van der Waals surface area contributed by atoms with Gasteiger partial charge in [-0.1, -0.05) is 96.8 Å². The Hall–Kier alpha value is -0.900. The molecule has 0 fully saturated rings. The van der Waals surface area contributed by atoms with Crippen LogP contribution >= 0.6 is 0 Å². The van der Waals surface area contributed by atoms with Crippen molar-refractivity contribution < 1.29 is 19.2 Å². The molecule has 0 aromatic carbocycles. The number of carbonyl (C=O) groups excluding carboxylic acids is 1. The molecule has 0 saturated heterocycles. The van der Waals surface area contributed by atoms with Crippen molar-refractivity contribution >= 4 is 11.8 Å². The minimum Gasteiger partial charge on any atom is -0.481 e. The molecule has 29 heavy (non-hydrogen) atoms. The Morgan fingerprint density at radius 2 is 1.07 bits per heavy atom. The average molecular weight is 413 g/mol. The molecule has 0 aliphatic heterocycles. The van der Waals surface area contributed by atoms with Gasteiger partial charge in [-0.3, -0.25) is 9.59 Å². The molecule has 0 aromatic heterocycles. The predicted molar refractivity (Wildman–Crippen MR) is 123 cm³/mol. The molecule has 0 saturated carbocycles. The van der Waals surface area contributed by atoms with Crippen LogP contribution in [0.5, 0.6) is 0 Å². The third kappa shape index (κ3) is 20.2. The van der Waals surface area contributed by atoms with E-state index < -0.39 is 5.97 Å². The number of hydrogen-bond acceptors (Lipinski definition) is 2. The van der Waals surface area contributed by atoms with Crippen LogP contribution in [0.2, 0.25) is 0 Å². The number of ketones is 1. The van der Waals surface area contributed by atoms with E-state index in [2.05, 4.69) is 6.92 Å². The summed E-state index contributed by atoms with van der Waals surface area (Å²) in [5.74, 6) is -1.08. The topological polar surface area (TPSA) is 54.4 Å². The highest BCUT2D eigenvalue weighted by atomic mass is 16.4. The molecule has 1 atom stereocenters. The van der Waals surface area contributed by atoms with Gasteiger partial charge in [-0.05, 0) is 6.42 Å². The molecule has 0 aromatic rings. The maximum absolute atomic E-state index is 12.4. The van der Waals surface area contributed by atoms with Crippen LogP contribution in [0.15, 0.2) is 0 Å². The lowest BCUT2D eigenvalue weighted by atomic mass is 9.94. The van der Waals surface area contributed by atoms with Gasteiger partial charge >= 0.3 is 5.97 Å². The van der Waals surface area contributed by atoms with Crippen LogP contribution in [-0.2, 0) is 9.59 Å². The summed E-state index contributed by atoms with van der Waals surface area (Å²) >= 11 is 0. The van der Waals surface area contributed by atoms with E-state index in [0.717, 1.165) is 12.8 Å². The number of carbonyl (C=O) groups is 2. The normalized spacial score (nSPS) is 12.8. The maximum atomic E-state index is 12.4. The van der Waals surface area contributed by atoms with E-state index in [4.69, 9.17) is 5.11 Å². The van der Waals surface area contributed by atoms with Crippen molar-refractivity contribution in [3.63, 3.8) is 0 Å². The van der Waals surface area contributed by atoms with Crippen molar-refractivity contribution in [1.82, 2.24) is 0 Å². The Kier molecular flexibility index (Phi) is 17.4. The van der Waals surface area contributed by atoms with E-state index in [1.165, 1.54) is 83.5 Å².